The van der Waals surface area contributed by atoms with Crippen molar-refractivity contribution in [1.82, 2.24) is 10.2 Å². The number of piperidine rings is 1. The molecule has 1 unspecified atom stereocenters. The lowest BCUT2D eigenvalue weighted by atomic mass is 10.0. The molecule has 0 saturated carbocycles. The molecule has 1 heterocycles. The van der Waals surface area contributed by atoms with Crippen molar-refractivity contribution >= 4 is 11.9 Å². The molecule has 1 fully saturated rings. The van der Waals surface area contributed by atoms with Gasteiger partial charge in [0.1, 0.15) is 6.04 Å². The second-order valence-corrected chi connectivity index (χ2v) is 4.50. The third-order valence-corrected chi connectivity index (χ3v) is 3.17. The fourth-order valence-corrected chi connectivity index (χ4v) is 2.29. The zero-order chi connectivity index (χ0) is 13.4. The molecule has 1 atom stereocenters. The lowest BCUT2D eigenvalue weighted by Gasteiger charge is -2.33. The quantitative estimate of drug-likeness (QED) is 0.718. The van der Waals surface area contributed by atoms with Gasteiger partial charge in [-0.3, -0.25) is 14.5 Å². The van der Waals surface area contributed by atoms with Gasteiger partial charge in [0, 0.05) is 19.5 Å². The van der Waals surface area contributed by atoms with Gasteiger partial charge in [0.05, 0.1) is 6.61 Å². The molecule has 18 heavy (non-hydrogen) atoms. The van der Waals surface area contributed by atoms with Crippen LogP contribution in [0.25, 0.3) is 0 Å². The van der Waals surface area contributed by atoms with Gasteiger partial charge in [-0.05, 0) is 33.2 Å². The first-order chi connectivity index (χ1) is 8.69. The van der Waals surface area contributed by atoms with Gasteiger partial charge in [0.2, 0.25) is 5.91 Å². The van der Waals surface area contributed by atoms with Crippen molar-refractivity contribution in [3.63, 3.8) is 0 Å². The molecule has 1 aliphatic heterocycles. The second kappa shape index (κ2) is 8.08. The highest BCUT2D eigenvalue weighted by Gasteiger charge is 2.29. The summed E-state index contributed by atoms with van der Waals surface area (Å²) in [5.41, 5.74) is 0. The number of amides is 1. The Labute approximate surface area is 109 Å². The summed E-state index contributed by atoms with van der Waals surface area (Å²) in [6.45, 7) is 6.30. The number of nitrogens with one attached hydrogen (secondary N) is 1. The Hall–Kier alpha value is -1.10. The average molecular weight is 256 g/mol. The van der Waals surface area contributed by atoms with E-state index in [1.165, 1.54) is 0 Å². The Bertz CT molecular complexity index is 281. The maximum absolute atomic E-state index is 11.8. The predicted octanol–water partition coefficient (Wildman–Crippen LogP) is 0.930. The molecular formula is C13H24N2O3. The highest BCUT2D eigenvalue weighted by Crippen LogP contribution is 2.18. The van der Waals surface area contributed by atoms with Crippen molar-refractivity contribution < 1.29 is 14.3 Å². The largest absolute Gasteiger partial charge is 0.465 e. The third-order valence-electron chi connectivity index (χ3n) is 3.17. The predicted molar refractivity (Wildman–Crippen MR) is 69.1 cm³/mol. The highest BCUT2D eigenvalue weighted by atomic mass is 16.5. The number of nitrogens with zero attached hydrogens (tertiary/aromatic N) is 1. The summed E-state index contributed by atoms with van der Waals surface area (Å²) in [6.07, 6.45) is 3.43. The summed E-state index contributed by atoms with van der Waals surface area (Å²) in [5, 5.41) is 2.77. The number of hydrogen-bond acceptors (Lipinski definition) is 4. The molecule has 0 aromatic heterocycles. The van der Waals surface area contributed by atoms with Crippen molar-refractivity contribution in [2.24, 2.45) is 0 Å². The summed E-state index contributed by atoms with van der Waals surface area (Å²) in [4.78, 5) is 25.3. The van der Waals surface area contributed by atoms with Crippen molar-refractivity contribution in [3.8, 4) is 0 Å². The average Bonchev–Trinajstić information content (AvgIpc) is 2.37. The molecule has 1 aliphatic rings. The van der Waals surface area contributed by atoms with Gasteiger partial charge < -0.3 is 10.1 Å². The van der Waals surface area contributed by atoms with Crippen LogP contribution in [0.15, 0.2) is 0 Å². The SMILES string of the molecule is CCNC(=O)CCN1CCCCC1C(=O)OCC. The smallest absolute Gasteiger partial charge is 0.323 e. The Morgan fingerprint density at radius 3 is 2.78 bits per heavy atom. The minimum atomic E-state index is -0.159. The standard InChI is InChI=1S/C13H24N2O3/c1-3-14-12(16)8-10-15-9-6-5-7-11(15)13(17)18-4-2/h11H,3-10H2,1-2H3,(H,14,16). The van der Waals surface area contributed by atoms with Crippen LogP contribution in [0, 0.1) is 0 Å². The van der Waals surface area contributed by atoms with Crippen molar-refractivity contribution in [2.75, 3.05) is 26.2 Å². The molecule has 0 bridgehead atoms. The van der Waals surface area contributed by atoms with Crippen LogP contribution < -0.4 is 5.32 Å². The summed E-state index contributed by atoms with van der Waals surface area (Å²) in [6, 6.07) is -0.159. The molecule has 0 radical (unpaired) electrons. The van der Waals surface area contributed by atoms with E-state index < -0.39 is 0 Å². The zero-order valence-corrected chi connectivity index (χ0v) is 11.4. The molecule has 1 amide bonds. The third kappa shape index (κ3) is 4.64. The van der Waals surface area contributed by atoms with Crippen LogP contribution in [-0.4, -0.2) is 49.1 Å². The first-order valence-corrected chi connectivity index (χ1v) is 6.86. The van der Waals surface area contributed by atoms with Gasteiger partial charge in [-0.2, -0.15) is 0 Å². The molecule has 1 saturated heterocycles. The highest BCUT2D eigenvalue weighted by molar-refractivity contribution is 5.77. The molecule has 0 spiro atoms. The maximum atomic E-state index is 11.8. The number of likely N-dealkylation sites (tertiary alicyclic amines) is 1. The Morgan fingerprint density at radius 2 is 2.11 bits per heavy atom. The Morgan fingerprint density at radius 1 is 1.33 bits per heavy atom. The monoisotopic (exact) mass is 256 g/mol. The number of ether oxygens (including phenoxy) is 1. The van der Waals surface area contributed by atoms with Crippen LogP contribution in [0.3, 0.4) is 0 Å². The van der Waals surface area contributed by atoms with E-state index >= 15 is 0 Å². The van der Waals surface area contributed by atoms with Crippen molar-refractivity contribution in [3.05, 3.63) is 0 Å². The van der Waals surface area contributed by atoms with E-state index in [4.69, 9.17) is 4.74 Å². The van der Waals surface area contributed by atoms with E-state index in [2.05, 4.69) is 10.2 Å². The molecule has 1 rings (SSSR count). The van der Waals surface area contributed by atoms with E-state index in [0.717, 1.165) is 25.8 Å². The van der Waals surface area contributed by atoms with Crippen LogP contribution in [0.5, 0.6) is 0 Å². The number of rotatable bonds is 6. The van der Waals surface area contributed by atoms with Crippen molar-refractivity contribution in [1.29, 1.82) is 0 Å². The molecule has 0 aromatic carbocycles. The Kier molecular flexibility index (Phi) is 6.72. The Balaban J connectivity index is 2.44. The molecule has 104 valence electrons. The van der Waals surface area contributed by atoms with E-state index in [0.29, 0.717) is 26.1 Å². The van der Waals surface area contributed by atoms with Crippen LogP contribution in [0.1, 0.15) is 39.5 Å². The number of carbonyl (C=O) groups excluding carboxylic acids is 2. The number of hydrogen-bond donors (Lipinski definition) is 1. The first-order valence-electron chi connectivity index (χ1n) is 6.86. The van der Waals surface area contributed by atoms with E-state index in [-0.39, 0.29) is 17.9 Å². The lowest BCUT2D eigenvalue weighted by Crippen LogP contribution is -2.46. The van der Waals surface area contributed by atoms with Crippen LogP contribution >= 0.6 is 0 Å². The molecular weight excluding hydrogens is 232 g/mol. The van der Waals surface area contributed by atoms with Gasteiger partial charge in [0.25, 0.3) is 0 Å². The molecule has 0 aromatic rings. The van der Waals surface area contributed by atoms with E-state index in [1.807, 2.05) is 13.8 Å². The van der Waals surface area contributed by atoms with Gasteiger partial charge in [-0.25, -0.2) is 0 Å². The fourth-order valence-electron chi connectivity index (χ4n) is 2.29. The molecule has 0 aliphatic carbocycles. The summed E-state index contributed by atoms with van der Waals surface area (Å²) in [5.74, 6) is -0.0983. The second-order valence-electron chi connectivity index (χ2n) is 4.50. The summed E-state index contributed by atoms with van der Waals surface area (Å²) >= 11 is 0. The normalized spacial score (nSPS) is 20.4. The van der Waals surface area contributed by atoms with E-state index in [1.54, 1.807) is 0 Å². The van der Waals surface area contributed by atoms with Gasteiger partial charge >= 0.3 is 5.97 Å². The molecule has 5 heteroatoms. The van der Waals surface area contributed by atoms with Gasteiger partial charge in [-0.1, -0.05) is 6.42 Å². The topological polar surface area (TPSA) is 58.6 Å². The van der Waals surface area contributed by atoms with E-state index in [9.17, 15) is 9.59 Å². The zero-order valence-electron chi connectivity index (χ0n) is 11.4. The lowest BCUT2D eigenvalue weighted by molar-refractivity contribution is -0.151. The molecule has 1 N–H and O–H groups in total. The van der Waals surface area contributed by atoms with Crippen LogP contribution in [0.2, 0.25) is 0 Å². The van der Waals surface area contributed by atoms with Gasteiger partial charge in [-0.15, -0.1) is 0 Å². The number of carbonyl (C=O) groups is 2. The first kappa shape index (κ1) is 15.0. The summed E-state index contributed by atoms with van der Waals surface area (Å²) in [7, 11) is 0. The van der Waals surface area contributed by atoms with Crippen LogP contribution in [0.4, 0.5) is 0 Å². The minimum Gasteiger partial charge on any atom is -0.465 e. The molecule has 5 nitrogen and oxygen atoms in total. The minimum absolute atomic E-state index is 0.0469. The van der Waals surface area contributed by atoms with Crippen LogP contribution in [-0.2, 0) is 14.3 Å². The number of esters is 1. The maximum Gasteiger partial charge on any atom is 0.323 e. The van der Waals surface area contributed by atoms with Gasteiger partial charge in [0.15, 0.2) is 0 Å². The summed E-state index contributed by atoms with van der Waals surface area (Å²) < 4.78 is 5.08. The van der Waals surface area contributed by atoms with Crippen molar-refractivity contribution in [2.45, 2.75) is 45.6 Å². The fraction of sp³-hybridized carbons (Fsp3) is 0.846.